The van der Waals surface area contributed by atoms with Crippen molar-refractivity contribution in [1.29, 1.82) is 0 Å². The highest BCUT2D eigenvalue weighted by molar-refractivity contribution is 7.99. The van der Waals surface area contributed by atoms with Gasteiger partial charge in [-0.05, 0) is 41.5 Å². The van der Waals surface area contributed by atoms with Gasteiger partial charge in [0, 0.05) is 16.3 Å². The summed E-state index contributed by atoms with van der Waals surface area (Å²) < 4.78 is 0. The van der Waals surface area contributed by atoms with Crippen LogP contribution < -0.4 is 5.73 Å². The van der Waals surface area contributed by atoms with Crippen LogP contribution in [0, 0.1) is 6.92 Å². The van der Waals surface area contributed by atoms with E-state index in [1.807, 2.05) is 11.8 Å². The van der Waals surface area contributed by atoms with Crippen LogP contribution in [0.25, 0.3) is 10.8 Å². The smallest absolute Gasteiger partial charge is 0.0201 e. The first-order valence-corrected chi connectivity index (χ1v) is 7.55. The second-order valence-electron chi connectivity index (χ2n) is 4.89. The van der Waals surface area contributed by atoms with Crippen LogP contribution in [-0.2, 0) is 6.54 Å². The second-order valence-corrected chi connectivity index (χ2v) is 6.01. The Hall–Kier alpha value is -1.77. The maximum absolute atomic E-state index is 5.83. The van der Waals surface area contributed by atoms with Crippen LogP contribution in [-0.4, -0.2) is 0 Å². The van der Waals surface area contributed by atoms with E-state index in [0.29, 0.717) is 6.54 Å². The van der Waals surface area contributed by atoms with Gasteiger partial charge < -0.3 is 5.73 Å². The van der Waals surface area contributed by atoms with Crippen LogP contribution in [0.3, 0.4) is 0 Å². The molecule has 0 fully saturated rings. The fourth-order valence-corrected chi connectivity index (χ4v) is 3.48. The van der Waals surface area contributed by atoms with Gasteiger partial charge in [-0.3, -0.25) is 0 Å². The number of fused-ring (bicyclic) bond motifs is 1. The number of aryl methyl sites for hydroxylation is 1. The first-order valence-electron chi connectivity index (χ1n) is 6.73. The Balaban J connectivity index is 2.08. The van der Waals surface area contributed by atoms with Gasteiger partial charge in [-0.1, -0.05) is 59.8 Å². The second kappa shape index (κ2) is 5.70. The Labute approximate surface area is 123 Å². The minimum Gasteiger partial charge on any atom is -0.326 e. The monoisotopic (exact) mass is 279 g/mol. The van der Waals surface area contributed by atoms with E-state index in [9.17, 15) is 0 Å². The van der Waals surface area contributed by atoms with Gasteiger partial charge in [0.1, 0.15) is 0 Å². The van der Waals surface area contributed by atoms with Crippen molar-refractivity contribution in [2.45, 2.75) is 23.3 Å². The van der Waals surface area contributed by atoms with Crippen LogP contribution >= 0.6 is 11.8 Å². The molecule has 0 atom stereocenters. The maximum Gasteiger partial charge on any atom is 0.0201 e. The molecule has 0 radical (unpaired) electrons. The molecule has 3 aromatic carbocycles. The number of hydrogen-bond acceptors (Lipinski definition) is 2. The average Bonchev–Trinajstić information content (AvgIpc) is 2.48. The molecule has 0 saturated carbocycles. The molecule has 20 heavy (non-hydrogen) atoms. The zero-order chi connectivity index (χ0) is 13.9. The first kappa shape index (κ1) is 13.2. The fraction of sp³-hybridized carbons (Fsp3) is 0.111. The third-order valence-electron chi connectivity index (χ3n) is 3.41. The Kier molecular flexibility index (Phi) is 3.77. The van der Waals surface area contributed by atoms with Gasteiger partial charge in [0.05, 0.1) is 0 Å². The molecule has 0 heterocycles. The molecule has 0 aliphatic carbocycles. The Bertz CT molecular complexity index is 749. The minimum absolute atomic E-state index is 0.579. The molecule has 2 N–H and O–H groups in total. The largest absolute Gasteiger partial charge is 0.326 e. The number of nitrogens with two attached hydrogens (primary N) is 1. The maximum atomic E-state index is 5.83. The molecule has 2 heteroatoms. The summed E-state index contributed by atoms with van der Waals surface area (Å²) >= 11 is 1.81. The molecule has 3 rings (SSSR count). The summed E-state index contributed by atoms with van der Waals surface area (Å²) in [6.45, 7) is 2.70. The number of rotatable bonds is 3. The lowest BCUT2D eigenvalue weighted by Crippen LogP contribution is -1.97. The summed E-state index contributed by atoms with van der Waals surface area (Å²) in [4.78, 5) is 2.55. The van der Waals surface area contributed by atoms with Gasteiger partial charge in [-0.25, -0.2) is 0 Å². The van der Waals surface area contributed by atoms with Crippen LogP contribution in [0.1, 0.15) is 11.1 Å². The molecule has 1 nitrogen and oxygen atoms in total. The molecular weight excluding hydrogens is 262 g/mol. The van der Waals surface area contributed by atoms with Crippen LogP contribution in [0.4, 0.5) is 0 Å². The van der Waals surface area contributed by atoms with Crippen LogP contribution in [0.5, 0.6) is 0 Å². The summed E-state index contributed by atoms with van der Waals surface area (Å²) in [5.74, 6) is 0. The summed E-state index contributed by atoms with van der Waals surface area (Å²) in [5.41, 5.74) is 8.32. The molecule has 0 aliphatic rings. The van der Waals surface area contributed by atoms with E-state index in [0.717, 1.165) is 0 Å². The van der Waals surface area contributed by atoms with Crippen molar-refractivity contribution < 1.29 is 0 Å². The molecule has 3 aromatic rings. The number of hydrogen-bond donors (Lipinski definition) is 1. The third kappa shape index (κ3) is 2.58. The lowest BCUT2D eigenvalue weighted by molar-refractivity contribution is 1.08. The van der Waals surface area contributed by atoms with Gasteiger partial charge in [-0.2, -0.15) is 0 Å². The first-order chi connectivity index (χ1) is 9.78. The van der Waals surface area contributed by atoms with E-state index in [4.69, 9.17) is 5.73 Å². The summed E-state index contributed by atoms with van der Waals surface area (Å²) in [6.07, 6.45) is 0. The summed E-state index contributed by atoms with van der Waals surface area (Å²) in [7, 11) is 0. The van der Waals surface area contributed by atoms with E-state index in [1.165, 1.54) is 31.7 Å². The lowest BCUT2D eigenvalue weighted by atomic mass is 10.0. The van der Waals surface area contributed by atoms with Gasteiger partial charge >= 0.3 is 0 Å². The van der Waals surface area contributed by atoms with Crippen molar-refractivity contribution in [2.75, 3.05) is 0 Å². The zero-order valence-electron chi connectivity index (χ0n) is 11.5. The molecule has 0 aromatic heterocycles. The predicted molar refractivity (Wildman–Crippen MR) is 87.1 cm³/mol. The summed E-state index contributed by atoms with van der Waals surface area (Å²) in [5, 5.41) is 2.54. The van der Waals surface area contributed by atoms with Crippen molar-refractivity contribution >= 4 is 22.5 Å². The fourth-order valence-electron chi connectivity index (χ4n) is 2.41. The lowest BCUT2D eigenvalue weighted by Gasteiger charge is -2.10. The molecular formula is C18H17NS. The van der Waals surface area contributed by atoms with Gasteiger partial charge in [0.25, 0.3) is 0 Å². The quantitative estimate of drug-likeness (QED) is 0.748. The molecule has 0 amide bonds. The molecule has 0 bridgehead atoms. The molecule has 0 saturated heterocycles. The van der Waals surface area contributed by atoms with Crippen LogP contribution in [0.2, 0.25) is 0 Å². The molecule has 0 aliphatic heterocycles. The Morgan fingerprint density at radius 2 is 1.70 bits per heavy atom. The zero-order valence-corrected chi connectivity index (χ0v) is 12.3. The van der Waals surface area contributed by atoms with E-state index in [-0.39, 0.29) is 0 Å². The Morgan fingerprint density at radius 1 is 0.900 bits per heavy atom. The SMILES string of the molecule is Cc1cccc(Sc2ccc(CN)c3ccccc23)c1. The highest BCUT2D eigenvalue weighted by Gasteiger charge is 2.06. The van der Waals surface area contributed by atoms with E-state index >= 15 is 0 Å². The molecule has 0 unspecified atom stereocenters. The highest BCUT2D eigenvalue weighted by atomic mass is 32.2. The van der Waals surface area contributed by atoms with Gasteiger partial charge in [0.2, 0.25) is 0 Å². The normalized spacial score (nSPS) is 10.9. The van der Waals surface area contributed by atoms with Crippen molar-refractivity contribution in [3.63, 3.8) is 0 Å². The topological polar surface area (TPSA) is 26.0 Å². The van der Waals surface area contributed by atoms with E-state index in [1.54, 1.807) is 0 Å². The highest BCUT2D eigenvalue weighted by Crippen LogP contribution is 2.35. The predicted octanol–water partition coefficient (Wildman–Crippen LogP) is 4.76. The van der Waals surface area contributed by atoms with Crippen molar-refractivity contribution in [3.05, 3.63) is 71.8 Å². The Morgan fingerprint density at radius 3 is 2.45 bits per heavy atom. The van der Waals surface area contributed by atoms with Crippen molar-refractivity contribution in [2.24, 2.45) is 5.73 Å². The van der Waals surface area contributed by atoms with Crippen molar-refractivity contribution in [3.8, 4) is 0 Å². The third-order valence-corrected chi connectivity index (χ3v) is 4.48. The standard InChI is InChI=1S/C18H17NS/c1-13-5-4-6-15(11-13)20-18-10-9-14(12-19)16-7-2-3-8-17(16)18/h2-11H,12,19H2,1H3. The van der Waals surface area contributed by atoms with Crippen LogP contribution in [0.15, 0.2) is 70.5 Å². The summed E-state index contributed by atoms with van der Waals surface area (Å²) in [6, 6.07) is 21.4. The van der Waals surface area contributed by atoms with Crippen molar-refractivity contribution in [1.82, 2.24) is 0 Å². The minimum atomic E-state index is 0.579. The van der Waals surface area contributed by atoms with E-state index in [2.05, 4.69) is 67.6 Å². The molecule has 100 valence electrons. The van der Waals surface area contributed by atoms with E-state index < -0.39 is 0 Å². The van der Waals surface area contributed by atoms with Gasteiger partial charge in [-0.15, -0.1) is 0 Å². The van der Waals surface area contributed by atoms with Gasteiger partial charge in [0.15, 0.2) is 0 Å². The number of benzene rings is 3. The average molecular weight is 279 g/mol. The molecule has 0 spiro atoms.